The molecule has 1 aromatic heterocycles. The second-order valence-electron chi connectivity index (χ2n) is 6.55. The lowest BCUT2D eigenvalue weighted by Crippen LogP contribution is -2.33. The molecule has 7 nitrogen and oxygen atoms in total. The Hall–Kier alpha value is -2.18. The predicted molar refractivity (Wildman–Crippen MR) is 87.8 cm³/mol. The molecule has 2 heterocycles. The van der Waals surface area contributed by atoms with Gasteiger partial charge in [-0.2, -0.15) is 5.10 Å². The van der Waals surface area contributed by atoms with E-state index in [0.29, 0.717) is 23.5 Å². The summed E-state index contributed by atoms with van der Waals surface area (Å²) in [6.45, 7) is 7.77. The summed E-state index contributed by atoms with van der Waals surface area (Å²) in [5, 5.41) is 13.6. The number of likely N-dealkylation sites (tertiary alicyclic amines) is 1. The third kappa shape index (κ3) is 3.49. The Kier molecular flexibility index (Phi) is 5.41. The lowest BCUT2D eigenvalue weighted by atomic mass is 9.92. The molecule has 1 fully saturated rings. The minimum Gasteiger partial charge on any atom is -0.481 e. The van der Waals surface area contributed by atoms with Gasteiger partial charge in [0.15, 0.2) is 5.78 Å². The van der Waals surface area contributed by atoms with Gasteiger partial charge in [-0.3, -0.25) is 19.1 Å². The van der Waals surface area contributed by atoms with Crippen molar-refractivity contribution >= 4 is 17.7 Å². The van der Waals surface area contributed by atoms with E-state index in [1.54, 1.807) is 18.7 Å². The van der Waals surface area contributed by atoms with Crippen LogP contribution in [-0.2, 0) is 16.1 Å². The van der Waals surface area contributed by atoms with Crippen LogP contribution in [0, 0.1) is 25.7 Å². The van der Waals surface area contributed by atoms with Gasteiger partial charge < -0.3 is 10.0 Å². The fourth-order valence-electron chi connectivity index (χ4n) is 3.61. The summed E-state index contributed by atoms with van der Waals surface area (Å²) in [4.78, 5) is 37.2. The quantitative estimate of drug-likeness (QED) is 0.798. The summed E-state index contributed by atoms with van der Waals surface area (Å²) >= 11 is 0. The van der Waals surface area contributed by atoms with Crippen LogP contribution in [0.15, 0.2) is 0 Å². The number of hydrogen-bond donors (Lipinski definition) is 1. The van der Waals surface area contributed by atoms with Crippen LogP contribution in [0.5, 0.6) is 0 Å². The van der Waals surface area contributed by atoms with E-state index in [2.05, 4.69) is 5.10 Å². The number of carboxylic acids is 1. The Morgan fingerprint density at radius 3 is 2.42 bits per heavy atom. The highest BCUT2D eigenvalue weighted by molar-refractivity contribution is 5.96. The van der Waals surface area contributed by atoms with E-state index in [1.165, 1.54) is 11.6 Å². The van der Waals surface area contributed by atoms with Crippen molar-refractivity contribution in [2.24, 2.45) is 11.8 Å². The van der Waals surface area contributed by atoms with E-state index in [0.717, 1.165) is 12.8 Å². The maximum Gasteiger partial charge on any atom is 0.308 e. The highest BCUT2D eigenvalue weighted by Gasteiger charge is 2.39. The van der Waals surface area contributed by atoms with E-state index in [9.17, 15) is 19.5 Å². The van der Waals surface area contributed by atoms with Crippen LogP contribution in [0.1, 0.15) is 48.4 Å². The van der Waals surface area contributed by atoms with E-state index in [4.69, 9.17) is 0 Å². The van der Waals surface area contributed by atoms with Crippen molar-refractivity contribution < 1.29 is 19.5 Å². The van der Waals surface area contributed by atoms with E-state index >= 15 is 0 Å². The summed E-state index contributed by atoms with van der Waals surface area (Å²) in [5.74, 6) is -1.56. The lowest BCUT2D eigenvalue weighted by molar-refractivity contribution is -0.142. The molecular formula is C17H25N3O4. The van der Waals surface area contributed by atoms with Crippen LogP contribution < -0.4 is 0 Å². The number of hydrogen-bond acceptors (Lipinski definition) is 4. The average molecular weight is 335 g/mol. The van der Waals surface area contributed by atoms with Crippen LogP contribution >= 0.6 is 0 Å². The van der Waals surface area contributed by atoms with Gasteiger partial charge in [0.2, 0.25) is 5.91 Å². The standard InChI is InChI=1S/C17H25N3O4/c1-5-6-13-7-19(8-14(13)17(23)24)15(22)9-20-11(3)16(12(4)21)10(2)18-20/h13-14H,5-9H2,1-4H3,(H,23,24)/t13-,14-/m1/s1. The van der Waals surface area contributed by atoms with Crippen molar-refractivity contribution in [3.05, 3.63) is 17.0 Å². The highest BCUT2D eigenvalue weighted by atomic mass is 16.4. The van der Waals surface area contributed by atoms with Crippen molar-refractivity contribution in [2.45, 2.75) is 47.1 Å². The molecule has 0 saturated carbocycles. The molecule has 1 saturated heterocycles. The van der Waals surface area contributed by atoms with Gasteiger partial charge in [0, 0.05) is 18.8 Å². The third-order valence-electron chi connectivity index (χ3n) is 4.79. The number of carboxylic acid groups (broad SMARTS) is 1. The minimum absolute atomic E-state index is 0.00434. The van der Waals surface area contributed by atoms with Gasteiger partial charge in [-0.25, -0.2) is 0 Å². The van der Waals surface area contributed by atoms with Crippen LogP contribution in [0.25, 0.3) is 0 Å². The van der Waals surface area contributed by atoms with Gasteiger partial charge in [0.25, 0.3) is 0 Å². The Morgan fingerprint density at radius 1 is 1.25 bits per heavy atom. The van der Waals surface area contributed by atoms with Gasteiger partial charge in [-0.05, 0) is 33.1 Å². The molecule has 24 heavy (non-hydrogen) atoms. The van der Waals surface area contributed by atoms with Crippen molar-refractivity contribution in [3.8, 4) is 0 Å². The van der Waals surface area contributed by atoms with Crippen molar-refractivity contribution in [2.75, 3.05) is 13.1 Å². The molecule has 1 amide bonds. The van der Waals surface area contributed by atoms with E-state index < -0.39 is 11.9 Å². The molecule has 7 heteroatoms. The van der Waals surface area contributed by atoms with Crippen molar-refractivity contribution in [3.63, 3.8) is 0 Å². The summed E-state index contributed by atoms with van der Waals surface area (Å²) in [7, 11) is 0. The van der Waals surface area contributed by atoms with Gasteiger partial charge in [-0.15, -0.1) is 0 Å². The highest BCUT2D eigenvalue weighted by Crippen LogP contribution is 2.28. The summed E-state index contributed by atoms with van der Waals surface area (Å²) in [6.07, 6.45) is 1.70. The number of Topliss-reactive ketones (excluding diaryl/α,β-unsaturated/α-hetero) is 1. The number of nitrogens with zero attached hydrogens (tertiary/aromatic N) is 3. The third-order valence-corrected chi connectivity index (χ3v) is 4.79. The number of ketones is 1. The van der Waals surface area contributed by atoms with E-state index in [1.807, 2.05) is 6.92 Å². The molecule has 1 N–H and O–H groups in total. The molecule has 2 atom stereocenters. The molecular weight excluding hydrogens is 310 g/mol. The van der Waals surface area contributed by atoms with Crippen molar-refractivity contribution in [1.82, 2.24) is 14.7 Å². The second kappa shape index (κ2) is 7.15. The first-order chi connectivity index (χ1) is 11.3. The number of carbonyl (C=O) groups is 3. The molecule has 1 aliphatic rings. The zero-order valence-electron chi connectivity index (χ0n) is 14.7. The molecule has 132 valence electrons. The van der Waals surface area contributed by atoms with Gasteiger partial charge in [0.1, 0.15) is 6.54 Å². The Morgan fingerprint density at radius 2 is 1.92 bits per heavy atom. The Labute approximate surface area is 141 Å². The molecule has 0 aromatic carbocycles. The zero-order valence-corrected chi connectivity index (χ0v) is 14.7. The smallest absolute Gasteiger partial charge is 0.308 e. The molecule has 0 spiro atoms. The number of aryl methyl sites for hydroxylation is 1. The van der Waals surface area contributed by atoms with Crippen LogP contribution in [0.3, 0.4) is 0 Å². The largest absolute Gasteiger partial charge is 0.481 e. The van der Waals surface area contributed by atoms with Gasteiger partial charge in [0.05, 0.1) is 17.2 Å². The number of aliphatic carboxylic acids is 1. The van der Waals surface area contributed by atoms with Crippen LogP contribution in [0.4, 0.5) is 0 Å². The monoisotopic (exact) mass is 335 g/mol. The maximum absolute atomic E-state index is 12.6. The van der Waals surface area contributed by atoms with Crippen LogP contribution in [0.2, 0.25) is 0 Å². The lowest BCUT2D eigenvalue weighted by Gasteiger charge is -2.16. The fourth-order valence-corrected chi connectivity index (χ4v) is 3.61. The zero-order chi connectivity index (χ0) is 18.0. The fraction of sp³-hybridized carbons (Fsp3) is 0.647. The van der Waals surface area contributed by atoms with Crippen molar-refractivity contribution in [1.29, 1.82) is 0 Å². The predicted octanol–water partition coefficient (Wildman–Crippen LogP) is 1.66. The normalized spacial score (nSPS) is 20.4. The van der Waals surface area contributed by atoms with Crippen LogP contribution in [-0.4, -0.2) is 50.5 Å². The first kappa shape index (κ1) is 18.2. The molecule has 2 rings (SSSR count). The molecule has 1 aromatic rings. The SMILES string of the molecule is CCC[C@@H]1CN(C(=O)Cn2nc(C)c(C(C)=O)c2C)C[C@H]1C(=O)O. The number of aromatic nitrogens is 2. The summed E-state index contributed by atoms with van der Waals surface area (Å²) in [5.41, 5.74) is 1.84. The average Bonchev–Trinajstić information content (AvgIpc) is 3.01. The first-order valence-electron chi connectivity index (χ1n) is 8.31. The molecule has 1 aliphatic heterocycles. The Bertz CT molecular complexity index is 665. The number of rotatable bonds is 6. The first-order valence-corrected chi connectivity index (χ1v) is 8.31. The van der Waals surface area contributed by atoms with Gasteiger partial charge in [-0.1, -0.05) is 13.3 Å². The molecule has 0 aliphatic carbocycles. The molecule has 0 bridgehead atoms. The van der Waals surface area contributed by atoms with E-state index in [-0.39, 0.29) is 30.7 Å². The molecule has 0 radical (unpaired) electrons. The molecule has 0 unspecified atom stereocenters. The number of carbonyl (C=O) groups excluding carboxylic acids is 2. The number of amides is 1. The topological polar surface area (TPSA) is 92.5 Å². The second-order valence-corrected chi connectivity index (χ2v) is 6.55. The maximum atomic E-state index is 12.6. The minimum atomic E-state index is -0.839. The Balaban J connectivity index is 2.12. The summed E-state index contributed by atoms with van der Waals surface area (Å²) in [6, 6.07) is 0. The summed E-state index contributed by atoms with van der Waals surface area (Å²) < 4.78 is 1.54. The van der Waals surface area contributed by atoms with Gasteiger partial charge >= 0.3 is 5.97 Å².